The Morgan fingerprint density at radius 2 is 2.00 bits per heavy atom. The first-order valence-corrected chi connectivity index (χ1v) is 9.98. The number of fused-ring (bicyclic) bond motifs is 1. The zero-order chi connectivity index (χ0) is 21.6. The second-order valence-corrected chi connectivity index (χ2v) is 8.38. The van der Waals surface area contributed by atoms with Gasteiger partial charge < -0.3 is 5.32 Å². The standard InChI is InChI=1S/C24H20FN5O/c1-24(2)11-17(12-24)23(31)28-18-6-7-19(25)21(10-18)30-14-16-9-15(13-27-22(16)29-30)20-5-3-4-8-26-20/h3-11,13-14H,12H2,1-2H3,(H,28,31). The Bertz CT molecular complexity index is 1340. The molecular formula is C24H20FN5O. The van der Waals surface area contributed by atoms with E-state index >= 15 is 0 Å². The smallest absolute Gasteiger partial charge is 0.251 e. The lowest BCUT2D eigenvalue weighted by Crippen LogP contribution is -2.28. The number of aromatic nitrogens is 4. The predicted molar refractivity (Wildman–Crippen MR) is 117 cm³/mol. The summed E-state index contributed by atoms with van der Waals surface area (Å²) in [7, 11) is 0. The van der Waals surface area contributed by atoms with Crippen LogP contribution in [0.25, 0.3) is 28.0 Å². The molecule has 1 aliphatic carbocycles. The molecule has 0 radical (unpaired) electrons. The maximum atomic E-state index is 14.6. The van der Waals surface area contributed by atoms with Gasteiger partial charge in [-0.3, -0.25) is 9.78 Å². The molecule has 3 aromatic heterocycles. The number of pyridine rings is 2. The van der Waals surface area contributed by atoms with E-state index in [0.717, 1.165) is 28.6 Å². The summed E-state index contributed by atoms with van der Waals surface area (Å²) in [4.78, 5) is 21.1. The second kappa shape index (κ2) is 7.12. The van der Waals surface area contributed by atoms with Crippen molar-refractivity contribution in [2.45, 2.75) is 20.3 Å². The van der Waals surface area contributed by atoms with Crippen LogP contribution in [-0.2, 0) is 4.79 Å². The predicted octanol–water partition coefficient (Wildman–Crippen LogP) is 4.92. The van der Waals surface area contributed by atoms with E-state index in [9.17, 15) is 9.18 Å². The summed E-state index contributed by atoms with van der Waals surface area (Å²) in [6.07, 6.45) is 7.82. The van der Waals surface area contributed by atoms with Crippen molar-refractivity contribution >= 4 is 22.6 Å². The van der Waals surface area contributed by atoms with Gasteiger partial charge in [-0.25, -0.2) is 14.1 Å². The third-order valence-electron chi connectivity index (χ3n) is 5.27. The maximum absolute atomic E-state index is 14.6. The van der Waals surface area contributed by atoms with Crippen LogP contribution in [0.4, 0.5) is 10.1 Å². The molecule has 4 aromatic rings. The lowest BCUT2D eigenvalue weighted by Gasteiger charge is -2.31. The minimum absolute atomic E-state index is 0.0525. The fourth-order valence-corrected chi connectivity index (χ4v) is 3.77. The molecule has 5 rings (SSSR count). The van der Waals surface area contributed by atoms with Gasteiger partial charge in [-0.2, -0.15) is 0 Å². The van der Waals surface area contributed by atoms with Crippen molar-refractivity contribution in [2.75, 3.05) is 5.32 Å². The number of carbonyl (C=O) groups excluding carboxylic acids is 1. The van der Waals surface area contributed by atoms with Crippen molar-refractivity contribution in [3.63, 3.8) is 0 Å². The second-order valence-electron chi connectivity index (χ2n) is 8.38. The summed E-state index contributed by atoms with van der Waals surface area (Å²) in [6.45, 7) is 4.16. The van der Waals surface area contributed by atoms with Crippen LogP contribution in [-0.4, -0.2) is 25.7 Å². The van der Waals surface area contributed by atoms with Gasteiger partial charge in [0.15, 0.2) is 5.65 Å². The quantitative estimate of drug-likeness (QED) is 0.516. The minimum atomic E-state index is -0.445. The number of anilines is 1. The highest BCUT2D eigenvalue weighted by Gasteiger charge is 2.30. The van der Waals surface area contributed by atoms with Crippen molar-refractivity contribution in [1.29, 1.82) is 0 Å². The van der Waals surface area contributed by atoms with Crippen molar-refractivity contribution in [3.05, 3.63) is 78.5 Å². The monoisotopic (exact) mass is 413 g/mol. The van der Waals surface area contributed by atoms with Gasteiger partial charge in [-0.15, -0.1) is 5.10 Å². The number of rotatable bonds is 4. The lowest BCUT2D eigenvalue weighted by atomic mass is 9.74. The number of amides is 1. The molecule has 1 N–H and O–H groups in total. The van der Waals surface area contributed by atoms with E-state index in [-0.39, 0.29) is 17.0 Å². The Kier molecular flexibility index (Phi) is 4.39. The van der Waals surface area contributed by atoms with Crippen LogP contribution in [0.15, 0.2) is 72.7 Å². The molecule has 0 bridgehead atoms. The topological polar surface area (TPSA) is 72.7 Å². The first-order valence-electron chi connectivity index (χ1n) is 9.98. The summed E-state index contributed by atoms with van der Waals surface area (Å²) in [5, 5.41) is 8.01. The van der Waals surface area contributed by atoms with Crippen molar-refractivity contribution < 1.29 is 9.18 Å². The van der Waals surface area contributed by atoms with Gasteiger partial charge in [0.1, 0.15) is 11.5 Å². The molecule has 31 heavy (non-hydrogen) atoms. The summed E-state index contributed by atoms with van der Waals surface area (Å²) in [6, 6.07) is 12.0. The largest absolute Gasteiger partial charge is 0.322 e. The minimum Gasteiger partial charge on any atom is -0.322 e. The van der Waals surface area contributed by atoms with E-state index in [0.29, 0.717) is 11.3 Å². The number of halogens is 1. The summed E-state index contributed by atoms with van der Waals surface area (Å²) in [5.41, 5.74) is 3.69. The van der Waals surface area contributed by atoms with E-state index < -0.39 is 5.82 Å². The molecule has 0 aliphatic heterocycles. The Morgan fingerprint density at radius 1 is 1.16 bits per heavy atom. The summed E-state index contributed by atoms with van der Waals surface area (Å²) < 4.78 is 16.0. The van der Waals surface area contributed by atoms with Crippen LogP contribution < -0.4 is 5.32 Å². The van der Waals surface area contributed by atoms with E-state index in [1.807, 2.05) is 30.3 Å². The van der Waals surface area contributed by atoms with Crippen LogP contribution in [0.3, 0.4) is 0 Å². The molecule has 6 nitrogen and oxygen atoms in total. The van der Waals surface area contributed by atoms with E-state index in [4.69, 9.17) is 0 Å². The van der Waals surface area contributed by atoms with Gasteiger partial charge in [0.2, 0.25) is 0 Å². The molecule has 0 saturated carbocycles. The van der Waals surface area contributed by atoms with Crippen LogP contribution in [0, 0.1) is 11.2 Å². The fourth-order valence-electron chi connectivity index (χ4n) is 3.77. The molecule has 7 heteroatoms. The first-order chi connectivity index (χ1) is 14.9. The SMILES string of the molecule is CC1(C)C=C(C(=O)Nc2ccc(F)c(-n3cc4cc(-c5ccccn5)cnc4n3)c2)C1. The molecule has 1 aliphatic rings. The van der Waals surface area contributed by atoms with Gasteiger partial charge in [-0.1, -0.05) is 26.0 Å². The van der Waals surface area contributed by atoms with Crippen molar-refractivity contribution in [1.82, 2.24) is 19.7 Å². The highest BCUT2D eigenvalue weighted by atomic mass is 19.1. The van der Waals surface area contributed by atoms with Gasteiger partial charge in [0.25, 0.3) is 5.91 Å². The number of hydrogen-bond donors (Lipinski definition) is 1. The molecular weight excluding hydrogens is 393 g/mol. The average Bonchev–Trinajstić information content (AvgIpc) is 3.17. The average molecular weight is 413 g/mol. The number of carbonyl (C=O) groups is 1. The zero-order valence-corrected chi connectivity index (χ0v) is 17.1. The molecule has 0 saturated heterocycles. The van der Waals surface area contributed by atoms with Crippen LogP contribution in [0.2, 0.25) is 0 Å². The number of nitrogens with zero attached hydrogens (tertiary/aromatic N) is 4. The molecule has 1 amide bonds. The van der Waals surface area contributed by atoms with Gasteiger partial charge in [0, 0.05) is 40.8 Å². The zero-order valence-electron chi connectivity index (χ0n) is 17.1. The van der Waals surface area contributed by atoms with Crippen LogP contribution >= 0.6 is 0 Å². The number of benzene rings is 1. The Hall–Kier alpha value is -3.87. The Morgan fingerprint density at radius 3 is 2.74 bits per heavy atom. The van der Waals surface area contributed by atoms with Crippen molar-refractivity contribution in [2.24, 2.45) is 5.41 Å². The van der Waals surface area contributed by atoms with Gasteiger partial charge >= 0.3 is 0 Å². The van der Waals surface area contributed by atoms with Gasteiger partial charge in [-0.05, 0) is 48.2 Å². The molecule has 0 fully saturated rings. The maximum Gasteiger partial charge on any atom is 0.251 e. The van der Waals surface area contributed by atoms with Crippen molar-refractivity contribution in [3.8, 4) is 16.9 Å². The molecule has 0 unspecified atom stereocenters. The third-order valence-corrected chi connectivity index (χ3v) is 5.27. The highest BCUT2D eigenvalue weighted by molar-refractivity contribution is 6.05. The fraction of sp³-hybridized carbons (Fsp3) is 0.167. The molecule has 154 valence electrons. The van der Waals surface area contributed by atoms with E-state index in [1.54, 1.807) is 30.7 Å². The lowest BCUT2D eigenvalue weighted by molar-refractivity contribution is -0.113. The molecule has 0 atom stereocenters. The van der Waals surface area contributed by atoms with Crippen LogP contribution in [0.1, 0.15) is 20.3 Å². The Balaban J connectivity index is 1.45. The van der Waals surface area contributed by atoms with E-state index in [1.165, 1.54) is 10.7 Å². The number of hydrogen-bond acceptors (Lipinski definition) is 4. The summed E-state index contributed by atoms with van der Waals surface area (Å²) >= 11 is 0. The molecule has 0 spiro atoms. The number of nitrogens with one attached hydrogen (secondary N) is 1. The van der Waals surface area contributed by atoms with E-state index in [2.05, 4.69) is 34.2 Å². The highest BCUT2D eigenvalue weighted by Crippen LogP contribution is 2.38. The van der Waals surface area contributed by atoms with Gasteiger partial charge in [0.05, 0.1) is 5.69 Å². The van der Waals surface area contributed by atoms with Crippen LogP contribution in [0.5, 0.6) is 0 Å². The normalized spacial score (nSPS) is 14.7. The summed E-state index contributed by atoms with van der Waals surface area (Å²) in [5.74, 6) is -0.607. The Labute approximate surface area is 178 Å². The number of allylic oxidation sites excluding steroid dienone is 1. The molecule has 3 heterocycles. The molecule has 1 aromatic carbocycles. The third kappa shape index (κ3) is 3.70. The first kappa shape index (κ1) is 19.1.